The van der Waals surface area contributed by atoms with Gasteiger partial charge in [0, 0.05) is 6.54 Å². The van der Waals surface area contributed by atoms with Crippen LogP contribution in [0.3, 0.4) is 0 Å². The van der Waals surface area contributed by atoms with Gasteiger partial charge in [-0.05, 0) is 31.9 Å². The molecule has 1 fully saturated rings. The van der Waals surface area contributed by atoms with Gasteiger partial charge in [-0.15, -0.1) is 0 Å². The number of carboxylic acids is 1. The van der Waals surface area contributed by atoms with Crippen molar-refractivity contribution in [1.29, 1.82) is 0 Å². The number of carboxylic acid groups (broad SMARTS) is 1. The van der Waals surface area contributed by atoms with E-state index in [2.05, 4.69) is 0 Å². The molecule has 5 nitrogen and oxygen atoms in total. The number of ether oxygens (including phenoxy) is 1. The molecule has 0 spiro atoms. The van der Waals surface area contributed by atoms with Crippen LogP contribution in [0.4, 0.5) is 0 Å². The summed E-state index contributed by atoms with van der Waals surface area (Å²) < 4.78 is 5.25. The summed E-state index contributed by atoms with van der Waals surface area (Å²) in [6, 6.07) is 5.27. The first-order chi connectivity index (χ1) is 9.45. The Morgan fingerprint density at radius 3 is 2.75 bits per heavy atom. The molecule has 108 valence electrons. The second-order valence-corrected chi connectivity index (χ2v) is 5.05. The highest BCUT2D eigenvalue weighted by molar-refractivity contribution is 5.83. The lowest BCUT2D eigenvalue weighted by Gasteiger charge is -2.39. The number of morpholine rings is 1. The normalized spacial score (nSPS) is 22.9. The highest BCUT2D eigenvalue weighted by atomic mass is 16.5. The van der Waals surface area contributed by atoms with Crippen molar-refractivity contribution < 1.29 is 19.4 Å². The number of nitrogens with zero attached hydrogens (tertiary/aromatic N) is 1. The summed E-state index contributed by atoms with van der Waals surface area (Å²) in [5, 5.41) is 9.37. The Kier molecular flexibility index (Phi) is 4.09. The lowest BCUT2D eigenvalue weighted by Crippen LogP contribution is -2.51. The predicted octanol–water partition coefficient (Wildman–Crippen LogP) is 1.68. The highest BCUT2D eigenvalue weighted by Crippen LogP contribution is 2.32. The maximum atomic E-state index is 12.0. The van der Waals surface area contributed by atoms with Crippen LogP contribution in [0.15, 0.2) is 18.2 Å². The van der Waals surface area contributed by atoms with Crippen LogP contribution in [0.5, 0.6) is 0 Å². The number of carbonyl (C=O) groups excluding carboxylic acids is 1. The van der Waals surface area contributed by atoms with Crippen molar-refractivity contribution in [1.82, 2.24) is 4.90 Å². The first-order valence-corrected chi connectivity index (χ1v) is 6.66. The molecule has 2 atom stereocenters. The Hall–Kier alpha value is -1.88. The fourth-order valence-corrected chi connectivity index (χ4v) is 2.64. The number of hydrogen-bond acceptors (Lipinski definition) is 3. The topological polar surface area (TPSA) is 66.8 Å². The third-order valence-electron chi connectivity index (χ3n) is 3.67. The minimum atomic E-state index is -1.04. The van der Waals surface area contributed by atoms with Gasteiger partial charge in [-0.1, -0.05) is 23.8 Å². The highest BCUT2D eigenvalue weighted by Gasteiger charge is 2.41. The zero-order valence-corrected chi connectivity index (χ0v) is 11.9. The van der Waals surface area contributed by atoms with Crippen LogP contribution in [-0.2, 0) is 14.3 Å². The van der Waals surface area contributed by atoms with Crippen molar-refractivity contribution in [2.24, 2.45) is 0 Å². The van der Waals surface area contributed by atoms with Crippen LogP contribution in [0, 0.1) is 13.8 Å². The summed E-state index contributed by atoms with van der Waals surface area (Å²) in [6.45, 7) is 6.00. The standard InChI is InChI=1S/C15H19NO4/c1-4-16-12(17)8-20-14(15(18)19)13(16)11-7-9(2)5-6-10(11)3/h5-7,13-14H,4,8H2,1-3H3,(H,18,19). The number of hydrogen-bond donors (Lipinski definition) is 1. The van der Waals surface area contributed by atoms with Crippen molar-refractivity contribution in [3.05, 3.63) is 34.9 Å². The van der Waals surface area contributed by atoms with Gasteiger partial charge >= 0.3 is 5.97 Å². The Labute approximate surface area is 118 Å². The molecule has 1 aromatic rings. The number of aryl methyl sites for hydroxylation is 2. The maximum Gasteiger partial charge on any atom is 0.335 e. The van der Waals surface area contributed by atoms with Gasteiger partial charge in [-0.2, -0.15) is 0 Å². The Bertz CT molecular complexity index is 539. The van der Waals surface area contributed by atoms with Crippen LogP contribution in [0.1, 0.15) is 29.7 Å². The SMILES string of the molecule is CCN1C(=O)COC(C(=O)O)C1c1cc(C)ccc1C. The van der Waals surface area contributed by atoms with E-state index in [0.717, 1.165) is 16.7 Å². The monoisotopic (exact) mass is 277 g/mol. The second-order valence-electron chi connectivity index (χ2n) is 5.05. The Morgan fingerprint density at radius 1 is 1.45 bits per heavy atom. The fraction of sp³-hybridized carbons (Fsp3) is 0.467. The predicted molar refractivity (Wildman–Crippen MR) is 73.4 cm³/mol. The first kappa shape index (κ1) is 14.5. The van der Waals surface area contributed by atoms with E-state index in [1.54, 1.807) is 4.90 Å². The van der Waals surface area contributed by atoms with E-state index in [4.69, 9.17) is 4.74 Å². The molecule has 0 bridgehead atoms. The number of likely N-dealkylation sites (N-methyl/N-ethyl adjacent to an activating group) is 1. The molecule has 1 aliphatic rings. The van der Waals surface area contributed by atoms with Crippen molar-refractivity contribution >= 4 is 11.9 Å². The number of aliphatic carboxylic acids is 1. The quantitative estimate of drug-likeness (QED) is 0.912. The number of rotatable bonds is 3. The lowest BCUT2D eigenvalue weighted by molar-refractivity contribution is -0.172. The number of benzene rings is 1. The van der Waals surface area contributed by atoms with E-state index in [9.17, 15) is 14.7 Å². The van der Waals surface area contributed by atoms with Crippen LogP contribution >= 0.6 is 0 Å². The first-order valence-electron chi connectivity index (χ1n) is 6.66. The summed E-state index contributed by atoms with van der Waals surface area (Å²) >= 11 is 0. The summed E-state index contributed by atoms with van der Waals surface area (Å²) in [6.07, 6.45) is -1.02. The average Bonchev–Trinajstić information content (AvgIpc) is 2.40. The summed E-state index contributed by atoms with van der Waals surface area (Å²) in [5.41, 5.74) is 2.83. The molecule has 2 unspecified atom stereocenters. The molecule has 1 heterocycles. The average molecular weight is 277 g/mol. The Balaban J connectivity index is 2.52. The van der Waals surface area contributed by atoms with Crippen LogP contribution < -0.4 is 0 Å². The van der Waals surface area contributed by atoms with E-state index in [1.165, 1.54) is 0 Å². The van der Waals surface area contributed by atoms with Gasteiger partial charge in [0.05, 0.1) is 6.04 Å². The van der Waals surface area contributed by atoms with Crippen LogP contribution in [-0.4, -0.2) is 41.1 Å². The molecule has 20 heavy (non-hydrogen) atoms. The smallest absolute Gasteiger partial charge is 0.335 e. The zero-order valence-electron chi connectivity index (χ0n) is 11.9. The molecule has 1 amide bonds. The molecule has 0 radical (unpaired) electrons. The van der Waals surface area contributed by atoms with E-state index < -0.39 is 18.1 Å². The van der Waals surface area contributed by atoms with Crippen molar-refractivity contribution in [3.8, 4) is 0 Å². The van der Waals surface area contributed by atoms with Crippen molar-refractivity contribution in [3.63, 3.8) is 0 Å². The maximum absolute atomic E-state index is 12.0. The van der Waals surface area contributed by atoms with E-state index in [1.807, 2.05) is 39.0 Å². The summed E-state index contributed by atoms with van der Waals surface area (Å²) in [4.78, 5) is 25.0. The third kappa shape index (κ3) is 2.54. The van der Waals surface area contributed by atoms with Gasteiger partial charge in [-0.3, -0.25) is 4.79 Å². The minimum absolute atomic E-state index is 0.170. The molecule has 1 aliphatic heterocycles. The molecule has 0 aliphatic carbocycles. The van der Waals surface area contributed by atoms with Crippen molar-refractivity contribution in [2.45, 2.75) is 32.9 Å². The van der Waals surface area contributed by atoms with Crippen LogP contribution in [0.25, 0.3) is 0 Å². The molecule has 0 saturated carbocycles. The summed E-state index contributed by atoms with van der Waals surface area (Å²) in [7, 11) is 0. The zero-order chi connectivity index (χ0) is 14.9. The summed E-state index contributed by atoms with van der Waals surface area (Å²) in [5.74, 6) is -1.21. The van der Waals surface area contributed by atoms with Gasteiger partial charge in [0.1, 0.15) is 6.61 Å². The largest absolute Gasteiger partial charge is 0.479 e. The molecule has 1 saturated heterocycles. The number of carbonyl (C=O) groups is 2. The molecule has 1 aromatic carbocycles. The van der Waals surface area contributed by atoms with Gasteiger partial charge in [-0.25, -0.2) is 4.79 Å². The Morgan fingerprint density at radius 2 is 2.15 bits per heavy atom. The van der Waals surface area contributed by atoms with E-state index in [-0.39, 0.29) is 12.5 Å². The van der Waals surface area contributed by atoms with E-state index >= 15 is 0 Å². The van der Waals surface area contributed by atoms with Crippen LogP contribution in [0.2, 0.25) is 0 Å². The van der Waals surface area contributed by atoms with Crippen molar-refractivity contribution in [2.75, 3.05) is 13.2 Å². The molecule has 1 N–H and O–H groups in total. The minimum Gasteiger partial charge on any atom is -0.479 e. The molecular formula is C15H19NO4. The lowest BCUT2D eigenvalue weighted by atomic mass is 9.92. The van der Waals surface area contributed by atoms with Gasteiger partial charge in [0.25, 0.3) is 0 Å². The third-order valence-corrected chi connectivity index (χ3v) is 3.67. The number of amides is 1. The molecular weight excluding hydrogens is 258 g/mol. The van der Waals surface area contributed by atoms with E-state index in [0.29, 0.717) is 6.54 Å². The van der Waals surface area contributed by atoms with Gasteiger partial charge in [0.2, 0.25) is 5.91 Å². The molecule has 0 aromatic heterocycles. The second kappa shape index (κ2) is 5.63. The van der Waals surface area contributed by atoms with Gasteiger partial charge < -0.3 is 14.7 Å². The fourth-order valence-electron chi connectivity index (χ4n) is 2.64. The molecule has 2 rings (SSSR count). The molecule has 5 heteroatoms. The van der Waals surface area contributed by atoms with Gasteiger partial charge in [0.15, 0.2) is 6.10 Å².